The van der Waals surface area contributed by atoms with E-state index < -0.39 is 0 Å². The summed E-state index contributed by atoms with van der Waals surface area (Å²) in [4.78, 5) is 4.23. The van der Waals surface area contributed by atoms with Crippen molar-refractivity contribution in [3.05, 3.63) is 16.6 Å². The average Bonchev–Trinajstić information content (AvgIpc) is 2.65. The Morgan fingerprint density at radius 2 is 2.50 bits per heavy atom. The number of rotatable bonds is 7. The van der Waals surface area contributed by atoms with E-state index in [1.54, 1.807) is 11.3 Å². The summed E-state index contributed by atoms with van der Waals surface area (Å²) in [5.74, 6) is 0.677. The molecule has 1 aromatic heterocycles. The predicted molar refractivity (Wildman–Crippen MR) is 61.5 cm³/mol. The van der Waals surface area contributed by atoms with E-state index in [1.807, 2.05) is 11.6 Å². The van der Waals surface area contributed by atoms with Crippen LogP contribution in [0.2, 0.25) is 0 Å². The molecule has 0 spiro atoms. The molecule has 1 atom stereocenters. The summed E-state index contributed by atoms with van der Waals surface area (Å²) in [6.07, 6.45) is 3.99. The highest BCUT2D eigenvalue weighted by Gasteiger charge is 2.00. The smallest absolute Gasteiger partial charge is 0.0937 e. The summed E-state index contributed by atoms with van der Waals surface area (Å²) in [5, 5.41) is 6.65. The Bertz CT molecular complexity index is 223. The van der Waals surface area contributed by atoms with Crippen molar-refractivity contribution in [2.24, 2.45) is 11.7 Å². The molecule has 0 saturated heterocycles. The van der Waals surface area contributed by atoms with Crippen LogP contribution in [0, 0.1) is 5.92 Å². The number of thiazole rings is 1. The van der Waals surface area contributed by atoms with Gasteiger partial charge in [-0.25, -0.2) is 4.98 Å². The van der Waals surface area contributed by atoms with E-state index in [1.165, 1.54) is 5.01 Å². The first kappa shape index (κ1) is 11.6. The van der Waals surface area contributed by atoms with Crippen LogP contribution in [0.4, 0.5) is 0 Å². The highest BCUT2D eigenvalue weighted by molar-refractivity contribution is 7.09. The van der Waals surface area contributed by atoms with Gasteiger partial charge in [-0.2, -0.15) is 0 Å². The molecule has 80 valence electrons. The molecule has 14 heavy (non-hydrogen) atoms. The van der Waals surface area contributed by atoms with E-state index in [4.69, 9.17) is 5.73 Å². The molecule has 0 saturated carbocycles. The van der Waals surface area contributed by atoms with Gasteiger partial charge in [0.2, 0.25) is 0 Å². The summed E-state index contributed by atoms with van der Waals surface area (Å²) in [6.45, 7) is 5.09. The SMILES string of the molecule is CC(CCN)CNCCc1nccs1. The Hall–Kier alpha value is -0.450. The molecule has 1 rings (SSSR count). The molecule has 0 amide bonds. The van der Waals surface area contributed by atoms with Gasteiger partial charge in [0.1, 0.15) is 0 Å². The molecule has 0 aliphatic rings. The molecule has 0 fully saturated rings. The zero-order valence-electron chi connectivity index (χ0n) is 8.70. The largest absolute Gasteiger partial charge is 0.330 e. The van der Waals surface area contributed by atoms with Gasteiger partial charge in [-0.05, 0) is 25.4 Å². The maximum absolute atomic E-state index is 5.47. The summed E-state index contributed by atoms with van der Waals surface area (Å²) >= 11 is 1.72. The normalized spacial score (nSPS) is 13.0. The van der Waals surface area contributed by atoms with Crippen LogP contribution >= 0.6 is 11.3 Å². The zero-order chi connectivity index (χ0) is 10.2. The van der Waals surface area contributed by atoms with E-state index in [0.29, 0.717) is 5.92 Å². The maximum Gasteiger partial charge on any atom is 0.0937 e. The van der Waals surface area contributed by atoms with Crippen molar-refractivity contribution < 1.29 is 0 Å². The Morgan fingerprint density at radius 1 is 1.64 bits per heavy atom. The average molecular weight is 213 g/mol. The van der Waals surface area contributed by atoms with Crippen molar-refractivity contribution in [3.8, 4) is 0 Å². The first-order valence-electron chi connectivity index (χ1n) is 5.12. The lowest BCUT2D eigenvalue weighted by Gasteiger charge is -2.10. The Balaban J connectivity index is 1.99. The summed E-state index contributed by atoms with van der Waals surface area (Å²) in [7, 11) is 0. The van der Waals surface area contributed by atoms with Gasteiger partial charge in [-0.1, -0.05) is 6.92 Å². The quantitative estimate of drug-likeness (QED) is 0.670. The molecule has 3 nitrogen and oxygen atoms in total. The van der Waals surface area contributed by atoms with Crippen LogP contribution in [0.3, 0.4) is 0 Å². The minimum atomic E-state index is 0.677. The van der Waals surface area contributed by atoms with Crippen LogP contribution in [0.15, 0.2) is 11.6 Å². The van der Waals surface area contributed by atoms with Gasteiger partial charge in [0.05, 0.1) is 5.01 Å². The molecule has 1 unspecified atom stereocenters. The lowest BCUT2D eigenvalue weighted by Crippen LogP contribution is -2.24. The van der Waals surface area contributed by atoms with Gasteiger partial charge >= 0.3 is 0 Å². The third-order valence-electron chi connectivity index (χ3n) is 2.15. The fraction of sp³-hybridized carbons (Fsp3) is 0.700. The second-order valence-corrected chi connectivity index (χ2v) is 4.54. The first-order chi connectivity index (χ1) is 6.83. The molecule has 0 aromatic carbocycles. The highest BCUT2D eigenvalue weighted by atomic mass is 32.1. The second-order valence-electron chi connectivity index (χ2n) is 3.56. The first-order valence-corrected chi connectivity index (χ1v) is 6.00. The van der Waals surface area contributed by atoms with Gasteiger partial charge in [-0.15, -0.1) is 11.3 Å². The van der Waals surface area contributed by atoms with Gasteiger partial charge < -0.3 is 11.1 Å². The lowest BCUT2D eigenvalue weighted by molar-refractivity contribution is 0.489. The van der Waals surface area contributed by atoms with Crippen molar-refractivity contribution in [3.63, 3.8) is 0 Å². The van der Waals surface area contributed by atoms with E-state index in [9.17, 15) is 0 Å². The Labute approximate surface area is 89.7 Å². The van der Waals surface area contributed by atoms with Crippen molar-refractivity contribution in [2.45, 2.75) is 19.8 Å². The second kappa shape index (κ2) is 6.92. The molecule has 0 aliphatic heterocycles. The fourth-order valence-electron chi connectivity index (χ4n) is 1.31. The maximum atomic E-state index is 5.47. The number of aromatic nitrogens is 1. The van der Waals surface area contributed by atoms with Crippen molar-refractivity contribution in [2.75, 3.05) is 19.6 Å². The van der Waals surface area contributed by atoms with E-state index in [0.717, 1.165) is 32.5 Å². The number of hydrogen-bond acceptors (Lipinski definition) is 4. The third kappa shape index (κ3) is 4.69. The number of nitrogens with one attached hydrogen (secondary N) is 1. The number of hydrogen-bond donors (Lipinski definition) is 2. The molecule has 3 N–H and O–H groups in total. The van der Waals surface area contributed by atoms with E-state index in [2.05, 4.69) is 17.2 Å². The fourth-order valence-corrected chi connectivity index (χ4v) is 1.93. The predicted octanol–water partition coefficient (Wildman–Crippen LogP) is 1.26. The lowest BCUT2D eigenvalue weighted by atomic mass is 10.1. The van der Waals surface area contributed by atoms with Gasteiger partial charge in [-0.3, -0.25) is 0 Å². The van der Waals surface area contributed by atoms with Crippen LogP contribution in [-0.2, 0) is 6.42 Å². The van der Waals surface area contributed by atoms with Crippen LogP contribution < -0.4 is 11.1 Å². The molecule has 0 aliphatic carbocycles. The Kier molecular flexibility index (Phi) is 5.75. The standard InChI is InChI=1S/C10H19N3S/c1-9(2-4-11)8-12-5-3-10-13-6-7-14-10/h6-7,9,12H,2-5,8,11H2,1H3. The molecule has 1 aromatic rings. The van der Waals surface area contributed by atoms with Crippen LogP contribution in [0.25, 0.3) is 0 Å². The van der Waals surface area contributed by atoms with Crippen molar-refractivity contribution in [1.29, 1.82) is 0 Å². The molecule has 0 radical (unpaired) electrons. The van der Waals surface area contributed by atoms with Gasteiger partial charge in [0.25, 0.3) is 0 Å². The number of nitrogens with two attached hydrogens (primary N) is 1. The Morgan fingerprint density at radius 3 is 3.14 bits per heavy atom. The minimum Gasteiger partial charge on any atom is -0.330 e. The van der Waals surface area contributed by atoms with E-state index in [-0.39, 0.29) is 0 Å². The molecular formula is C10H19N3S. The molecule has 1 heterocycles. The van der Waals surface area contributed by atoms with Gasteiger partial charge in [0.15, 0.2) is 0 Å². The highest BCUT2D eigenvalue weighted by Crippen LogP contribution is 2.03. The van der Waals surface area contributed by atoms with Crippen LogP contribution in [-0.4, -0.2) is 24.6 Å². The summed E-state index contributed by atoms with van der Waals surface area (Å²) in [6, 6.07) is 0. The zero-order valence-corrected chi connectivity index (χ0v) is 9.52. The summed E-state index contributed by atoms with van der Waals surface area (Å²) in [5.41, 5.74) is 5.47. The monoisotopic (exact) mass is 213 g/mol. The van der Waals surface area contributed by atoms with Crippen LogP contribution in [0.5, 0.6) is 0 Å². The van der Waals surface area contributed by atoms with Crippen molar-refractivity contribution >= 4 is 11.3 Å². The number of nitrogens with zero attached hydrogens (tertiary/aromatic N) is 1. The molecular weight excluding hydrogens is 194 g/mol. The van der Waals surface area contributed by atoms with Gasteiger partial charge in [0, 0.05) is 24.5 Å². The van der Waals surface area contributed by atoms with Crippen LogP contribution in [0.1, 0.15) is 18.4 Å². The molecule has 0 bridgehead atoms. The minimum absolute atomic E-state index is 0.677. The topological polar surface area (TPSA) is 50.9 Å². The summed E-state index contributed by atoms with van der Waals surface area (Å²) < 4.78 is 0. The van der Waals surface area contributed by atoms with Crippen molar-refractivity contribution in [1.82, 2.24) is 10.3 Å². The molecule has 4 heteroatoms. The van der Waals surface area contributed by atoms with E-state index >= 15 is 0 Å². The third-order valence-corrected chi connectivity index (χ3v) is 2.99.